The van der Waals surface area contributed by atoms with Crippen molar-refractivity contribution in [1.82, 2.24) is 0 Å². The summed E-state index contributed by atoms with van der Waals surface area (Å²) >= 11 is 0. The van der Waals surface area contributed by atoms with Gasteiger partial charge in [0.05, 0.1) is 37.6 Å². The summed E-state index contributed by atoms with van der Waals surface area (Å²) in [7, 11) is 2.69. The normalized spacial score (nSPS) is 9.96. The molecule has 8 heteroatoms. The predicted molar refractivity (Wildman–Crippen MR) is 101 cm³/mol. The number of para-hydroxylation sites is 1. The van der Waals surface area contributed by atoms with Crippen molar-refractivity contribution < 1.29 is 33.3 Å². The number of carbonyl (C=O) groups excluding carboxylic acids is 3. The lowest BCUT2D eigenvalue weighted by atomic mass is 10.2. The molecule has 0 radical (unpaired) electrons. The van der Waals surface area contributed by atoms with E-state index in [9.17, 15) is 14.4 Å². The lowest BCUT2D eigenvalue weighted by Gasteiger charge is -2.13. The van der Waals surface area contributed by atoms with Gasteiger partial charge in [-0.05, 0) is 37.3 Å². The summed E-state index contributed by atoms with van der Waals surface area (Å²) in [4.78, 5) is 35.8. The van der Waals surface area contributed by atoms with Gasteiger partial charge in [-0.3, -0.25) is 4.79 Å². The summed E-state index contributed by atoms with van der Waals surface area (Å²) in [5.74, 6) is -0.958. The number of ether oxygens (including phenoxy) is 4. The van der Waals surface area contributed by atoms with Gasteiger partial charge in [0.15, 0.2) is 18.1 Å². The molecule has 0 spiro atoms. The Bertz CT molecular complexity index is 863. The van der Waals surface area contributed by atoms with Crippen molar-refractivity contribution in [2.45, 2.75) is 6.92 Å². The Kier molecular flexibility index (Phi) is 7.38. The highest BCUT2D eigenvalue weighted by Gasteiger charge is 2.16. The third-order valence-electron chi connectivity index (χ3n) is 3.64. The van der Waals surface area contributed by atoms with Crippen LogP contribution in [0.2, 0.25) is 0 Å². The van der Waals surface area contributed by atoms with E-state index in [1.165, 1.54) is 32.4 Å². The van der Waals surface area contributed by atoms with Crippen LogP contribution in [-0.2, 0) is 14.3 Å². The first-order chi connectivity index (χ1) is 13.5. The third-order valence-corrected chi connectivity index (χ3v) is 3.64. The van der Waals surface area contributed by atoms with Crippen molar-refractivity contribution in [2.24, 2.45) is 0 Å². The summed E-state index contributed by atoms with van der Waals surface area (Å²) < 4.78 is 20.3. The highest BCUT2D eigenvalue weighted by Crippen LogP contribution is 2.28. The molecule has 1 N–H and O–H groups in total. The van der Waals surface area contributed by atoms with Gasteiger partial charge >= 0.3 is 11.9 Å². The Balaban J connectivity index is 2.05. The van der Waals surface area contributed by atoms with Crippen molar-refractivity contribution in [3.63, 3.8) is 0 Å². The molecular formula is C20H21NO7. The van der Waals surface area contributed by atoms with Gasteiger partial charge in [0.2, 0.25) is 0 Å². The zero-order valence-corrected chi connectivity index (χ0v) is 15.8. The van der Waals surface area contributed by atoms with Gasteiger partial charge in [-0.2, -0.15) is 0 Å². The fraction of sp³-hybridized carbons (Fsp3) is 0.250. The van der Waals surface area contributed by atoms with E-state index in [-0.39, 0.29) is 30.3 Å². The van der Waals surface area contributed by atoms with E-state index in [1.807, 2.05) is 0 Å². The molecule has 0 bridgehead atoms. The number of nitrogens with one attached hydrogen (secondary N) is 1. The third kappa shape index (κ3) is 5.23. The highest BCUT2D eigenvalue weighted by atomic mass is 16.5. The average Bonchev–Trinajstić information content (AvgIpc) is 2.72. The number of carbonyl (C=O) groups is 3. The molecule has 0 aromatic heterocycles. The van der Waals surface area contributed by atoms with Crippen molar-refractivity contribution in [3.8, 4) is 11.5 Å². The van der Waals surface area contributed by atoms with Gasteiger partial charge in [-0.25, -0.2) is 9.59 Å². The summed E-state index contributed by atoms with van der Waals surface area (Å²) in [5, 5.41) is 2.62. The molecule has 28 heavy (non-hydrogen) atoms. The molecular weight excluding hydrogens is 366 g/mol. The van der Waals surface area contributed by atoms with Gasteiger partial charge in [0.25, 0.3) is 5.91 Å². The second-order valence-electron chi connectivity index (χ2n) is 5.46. The van der Waals surface area contributed by atoms with E-state index in [4.69, 9.17) is 14.2 Å². The van der Waals surface area contributed by atoms with Crippen LogP contribution in [0.4, 0.5) is 5.69 Å². The van der Waals surface area contributed by atoms with Crippen molar-refractivity contribution >= 4 is 23.5 Å². The smallest absolute Gasteiger partial charge is 0.340 e. The number of anilines is 1. The van der Waals surface area contributed by atoms with Crippen LogP contribution in [0.3, 0.4) is 0 Å². The molecule has 2 aromatic rings. The maximum atomic E-state index is 12.2. The van der Waals surface area contributed by atoms with E-state index < -0.39 is 17.8 Å². The number of hydrogen-bond donors (Lipinski definition) is 1. The zero-order chi connectivity index (χ0) is 20.5. The molecule has 0 aliphatic rings. The Morgan fingerprint density at radius 2 is 1.71 bits per heavy atom. The molecule has 0 fully saturated rings. The first-order valence-corrected chi connectivity index (χ1v) is 8.45. The van der Waals surface area contributed by atoms with Crippen molar-refractivity contribution in [2.75, 3.05) is 32.8 Å². The number of amides is 1. The van der Waals surface area contributed by atoms with Crippen LogP contribution < -0.4 is 14.8 Å². The molecule has 1 amide bonds. The van der Waals surface area contributed by atoms with Gasteiger partial charge in [-0.1, -0.05) is 12.1 Å². The van der Waals surface area contributed by atoms with Crippen LogP contribution >= 0.6 is 0 Å². The number of esters is 2. The van der Waals surface area contributed by atoms with Gasteiger partial charge in [-0.15, -0.1) is 0 Å². The lowest BCUT2D eigenvalue weighted by Crippen LogP contribution is -2.22. The van der Waals surface area contributed by atoms with Crippen LogP contribution in [0.25, 0.3) is 0 Å². The van der Waals surface area contributed by atoms with Crippen molar-refractivity contribution in [3.05, 3.63) is 53.6 Å². The van der Waals surface area contributed by atoms with Crippen LogP contribution in [0.15, 0.2) is 42.5 Å². The van der Waals surface area contributed by atoms with Gasteiger partial charge in [0, 0.05) is 0 Å². The molecule has 8 nitrogen and oxygen atoms in total. The average molecular weight is 387 g/mol. The second-order valence-corrected chi connectivity index (χ2v) is 5.46. The summed E-state index contributed by atoms with van der Waals surface area (Å²) in [6, 6.07) is 11.0. The van der Waals surface area contributed by atoms with Crippen LogP contribution in [0, 0.1) is 0 Å². The minimum absolute atomic E-state index is 0.228. The number of rotatable bonds is 8. The molecule has 0 atom stereocenters. The molecule has 148 valence electrons. The first-order valence-electron chi connectivity index (χ1n) is 8.45. The van der Waals surface area contributed by atoms with Crippen LogP contribution in [-0.4, -0.2) is 45.3 Å². The fourth-order valence-electron chi connectivity index (χ4n) is 2.34. The highest BCUT2D eigenvalue weighted by molar-refractivity contribution is 6.01. The Morgan fingerprint density at radius 3 is 2.39 bits per heavy atom. The first kappa shape index (κ1) is 20.8. The molecule has 0 unspecified atom stereocenters. The zero-order valence-electron chi connectivity index (χ0n) is 15.8. The number of methoxy groups -OCH3 is 2. The van der Waals surface area contributed by atoms with E-state index in [1.54, 1.807) is 31.2 Å². The molecule has 2 aromatic carbocycles. The van der Waals surface area contributed by atoms with Gasteiger partial charge < -0.3 is 24.3 Å². The molecule has 0 aliphatic carbocycles. The molecule has 0 aliphatic heterocycles. The van der Waals surface area contributed by atoms with Crippen LogP contribution in [0.5, 0.6) is 11.5 Å². The number of benzene rings is 2. The second kappa shape index (κ2) is 9.96. The maximum Gasteiger partial charge on any atom is 0.340 e. The van der Waals surface area contributed by atoms with Crippen molar-refractivity contribution in [1.29, 1.82) is 0 Å². The largest absolute Gasteiger partial charge is 0.493 e. The van der Waals surface area contributed by atoms with E-state index >= 15 is 0 Å². The topological polar surface area (TPSA) is 100 Å². The predicted octanol–water partition coefficient (Wildman–Crippen LogP) is 2.68. The Hall–Kier alpha value is -3.55. The maximum absolute atomic E-state index is 12.2. The Morgan fingerprint density at radius 1 is 0.964 bits per heavy atom. The summed E-state index contributed by atoms with van der Waals surface area (Å²) in [6.07, 6.45) is 0. The lowest BCUT2D eigenvalue weighted by molar-refractivity contribution is -0.118. The molecule has 2 rings (SSSR count). The SMILES string of the molecule is CCOC(=O)c1ccccc1NC(=O)COc1ccc(C(=O)OC)cc1OC. The quantitative estimate of drug-likeness (QED) is 0.695. The summed E-state index contributed by atoms with van der Waals surface area (Å²) in [5.41, 5.74) is 0.861. The standard InChI is InChI=1S/C20H21NO7/c1-4-27-20(24)14-7-5-6-8-15(14)21-18(22)12-28-16-10-9-13(19(23)26-3)11-17(16)25-2/h5-11H,4,12H2,1-3H3,(H,21,22). The Labute approximate surface area is 162 Å². The fourth-order valence-corrected chi connectivity index (χ4v) is 2.34. The summed E-state index contributed by atoms with van der Waals surface area (Å²) in [6.45, 7) is 1.60. The van der Waals surface area contributed by atoms with E-state index in [0.29, 0.717) is 11.3 Å². The monoisotopic (exact) mass is 387 g/mol. The number of hydrogen-bond acceptors (Lipinski definition) is 7. The molecule has 0 saturated heterocycles. The molecule has 0 heterocycles. The minimum Gasteiger partial charge on any atom is -0.493 e. The van der Waals surface area contributed by atoms with Gasteiger partial charge in [0.1, 0.15) is 0 Å². The molecule has 0 saturated carbocycles. The minimum atomic E-state index is -0.528. The van der Waals surface area contributed by atoms with E-state index in [2.05, 4.69) is 10.1 Å². The van der Waals surface area contributed by atoms with Crippen LogP contribution in [0.1, 0.15) is 27.6 Å². The van der Waals surface area contributed by atoms with E-state index in [0.717, 1.165) is 0 Å².